The van der Waals surface area contributed by atoms with Gasteiger partial charge in [0.05, 0.1) is 5.92 Å². The monoisotopic (exact) mass is 357 g/mol. The number of carboxylic acid groups (broad SMARTS) is 1. The van der Waals surface area contributed by atoms with E-state index < -0.39 is 5.97 Å². The first-order chi connectivity index (χ1) is 9.60. The molecule has 3 nitrogen and oxygen atoms in total. The first-order valence-corrected chi connectivity index (χ1v) is 8.90. The molecule has 5 heteroatoms. The standard InChI is InChI=1S/C15H20BrNO2S/c1-20-14-8-12(16)5-2-11(14)9-17-13-6-3-10(4-7-13)15(18)19/h2,5,8,10,13,17H,3-4,6-7,9H2,1H3,(H,18,19). The summed E-state index contributed by atoms with van der Waals surface area (Å²) < 4.78 is 1.10. The number of nitrogens with one attached hydrogen (secondary N) is 1. The second kappa shape index (κ2) is 7.48. The minimum absolute atomic E-state index is 0.137. The van der Waals surface area contributed by atoms with Gasteiger partial charge in [0, 0.05) is 22.0 Å². The molecule has 0 aliphatic heterocycles. The number of hydrogen-bond donors (Lipinski definition) is 2. The van der Waals surface area contributed by atoms with E-state index in [-0.39, 0.29) is 5.92 Å². The molecule has 1 aromatic rings. The summed E-state index contributed by atoms with van der Waals surface area (Å²) >= 11 is 5.25. The van der Waals surface area contributed by atoms with Crippen LogP contribution in [0.25, 0.3) is 0 Å². The van der Waals surface area contributed by atoms with E-state index in [0.29, 0.717) is 6.04 Å². The third kappa shape index (κ3) is 4.24. The SMILES string of the molecule is CSc1cc(Br)ccc1CNC1CCC(C(=O)O)CC1. The minimum atomic E-state index is -0.638. The quantitative estimate of drug-likeness (QED) is 0.784. The lowest BCUT2D eigenvalue weighted by Gasteiger charge is -2.27. The smallest absolute Gasteiger partial charge is 0.306 e. The Morgan fingerprint density at radius 2 is 2.10 bits per heavy atom. The molecule has 0 atom stereocenters. The predicted octanol–water partition coefficient (Wildman–Crippen LogP) is 3.90. The molecule has 1 aliphatic carbocycles. The third-order valence-corrected chi connectivity index (χ3v) is 5.22. The molecule has 0 radical (unpaired) electrons. The van der Waals surface area contributed by atoms with Crippen molar-refractivity contribution < 1.29 is 9.90 Å². The summed E-state index contributed by atoms with van der Waals surface area (Å²) in [6.07, 6.45) is 5.60. The molecule has 2 N–H and O–H groups in total. The fourth-order valence-electron chi connectivity index (χ4n) is 2.66. The maximum absolute atomic E-state index is 10.9. The van der Waals surface area contributed by atoms with Gasteiger partial charge in [-0.3, -0.25) is 4.79 Å². The van der Waals surface area contributed by atoms with Crippen LogP contribution in [0.3, 0.4) is 0 Å². The summed E-state index contributed by atoms with van der Waals surface area (Å²) in [4.78, 5) is 12.2. The highest BCUT2D eigenvalue weighted by atomic mass is 79.9. The topological polar surface area (TPSA) is 49.3 Å². The van der Waals surface area contributed by atoms with Gasteiger partial charge < -0.3 is 10.4 Å². The Labute approximate surface area is 132 Å². The number of benzene rings is 1. The van der Waals surface area contributed by atoms with Crippen molar-refractivity contribution in [3.05, 3.63) is 28.2 Å². The van der Waals surface area contributed by atoms with Gasteiger partial charge in [-0.25, -0.2) is 0 Å². The van der Waals surface area contributed by atoms with Crippen LogP contribution in [0.4, 0.5) is 0 Å². The summed E-state index contributed by atoms with van der Waals surface area (Å²) in [5.74, 6) is -0.775. The van der Waals surface area contributed by atoms with Crippen molar-refractivity contribution in [1.82, 2.24) is 5.32 Å². The summed E-state index contributed by atoms with van der Waals surface area (Å²) in [5.41, 5.74) is 1.31. The van der Waals surface area contributed by atoms with Gasteiger partial charge in [0.1, 0.15) is 0 Å². The fraction of sp³-hybridized carbons (Fsp3) is 0.533. The molecular weight excluding hydrogens is 338 g/mol. The minimum Gasteiger partial charge on any atom is -0.481 e. The third-order valence-electron chi connectivity index (χ3n) is 3.91. The van der Waals surface area contributed by atoms with E-state index in [9.17, 15) is 4.79 Å². The number of carbonyl (C=O) groups is 1. The van der Waals surface area contributed by atoms with E-state index in [1.54, 1.807) is 11.8 Å². The molecule has 0 heterocycles. The molecule has 1 saturated carbocycles. The van der Waals surface area contributed by atoms with Crippen LogP contribution in [0.1, 0.15) is 31.2 Å². The average molecular weight is 358 g/mol. The number of hydrogen-bond acceptors (Lipinski definition) is 3. The van der Waals surface area contributed by atoms with Crippen LogP contribution in [-0.4, -0.2) is 23.4 Å². The number of carboxylic acids is 1. The number of thioether (sulfide) groups is 1. The lowest BCUT2D eigenvalue weighted by atomic mass is 9.86. The summed E-state index contributed by atoms with van der Waals surface area (Å²) in [5, 5.41) is 12.6. The first kappa shape index (κ1) is 15.9. The highest BCUT2D eigenvalue weighted by Gasteiger charge is 2.25. The molecular formula is C15H20BrNO2S. The highest BCUT2D eigenvalue weighted by Crippen LogP contribution is 2.27. The van der Waals surface area contributed by atoms with Gasteiger partial charge in [0.15, 0.2) is 0 Å². The van der Waals surface area contributed by atoms with Crippen LogP contribution in [0.15, 0.2) is 27.6 Å². The maximum atomic E-state index is 10.9. The fourth-order valence-corrected chi connectivity index (χ4v) is 3.82. The van der Waals surface area contributed by atoms with Crippen molar-refractivity contribution >= 4 is 33.7 Å². The lowest BCUT2D eigenvalue weighted by Crippen LogP contribution is -2.34. The maximum Gasteiger partial charge on any atom is 0.306 e. The Kier molecular flexibility index (Phi) is 5.93. The van der Waals surface area contributed by atoms with E-state index in [4.69, 9.17) is 5.11 Å². The Morgan fingerprint density at radius 3 is 2.70 bits per heavy atom. The Morgan fingerprint density at radius 1 is 1.40 bits per heavy atom. The van der Waals surface area contributed by atoms with Gasteiger partial charge in [0.2, 0.25) is 0 Å². The van der Waals surface area contributed by atoms with Crippen LogP contribution in [0.5, 0.6) is 0 Å². The van der Waals surface area contributed by atoms with E-state index in [0.717, 1.165) is 36.7 Å². The van der Waals surface area contributed by atoms with Crippen LogP contribution < -0.4 is 5.32 Å². The molecule has 1 fully saturated rings. The van der Waals surface area contributed by atoms with Crippen LogP contribution in [0, 0.1) is 5.92 Å². The van der Waals surface area contributed by atoms with Gasteiger partial charge in [-0.15, -0.1) is 11.8 Å². The molecule has 1 aliphatic rings. The highest BCUT2D eigenvalue weighted by molar-refractivity contribution is 9.10. The van der Waals surface area contributed by atoms with Gasteiger partial charge in [-0.2, -0.15) is 0 Å². The Hall–Kier alpha value is -0.520. The Bertz CT molecular complexity index is 473. The van der Waals surface area contributed by atoms with Crippen molar-refractivity contribution in [3.8, 4) is 0 Å². The number of rotatable bonds is 5. The summed E-state index contributed by atoms with van der Waals surface area (Å²) in [6.45, 7) is 0.853. The summed E-state index contributed by atoms with van der Waals surface area (Å²) in [6, 6.07) is 6.80. The van der Waals surface area contributed by atoms with Crippen molar-refractivity contribution in [2.45, 2.75) is 43.2 Å². The molecule has 0 amide bonds. The average Bonchev–Trinajstić information content (AvgIpc) is 2.46. The molecule has 0 unspecified atom stereocenters. The zero-order valence-corrected chi connectivity index (χ0v) is 14.0. The van der Waals surface area contributed by atoms with E-state index in [2.05, 4.69) is 45.7 Å². The zero-order chi connectivity index (χ0) is 14.5. The largest absolute Gasteiger partial charge is 0.481 e. The molecule has 1 aromatic carbocycles. The van der Waals surface area contributed by atoms with E-state index in [1.165, 1.54) is 10.5 Å². The van der Waals surface area contributed by atoms with Crippen molar-refractivity contribution in [1.29, 1.82) is 0 Å². The van der Waals surface area contributed by atoms with Gasteiger partial charge in [0.25, 0.3) is 0 Å². The van der Waals surface area contributed by atoms with Crippen LogP contribution >= 0.6 is 27.7 Å². The number of aliphatic carboxylic acids is 1. The van der Waals surface area contributed by atoms with Crippen LogP contribution in [0.2, 0.25) is 0 Å². The second-order valence-corrected chi connectivity index (χ2v) is 6.99. The molecule has 0 bridgehead atoms. The van der Waals surface area contributed by atoms with Crippen molar-refractivity contribution in [2.75, 3.05) is 6.26 Å². The first-order valence-electron chi connectivity index (χ1n) is 6.88. The molecule has 0 spiro atoms. The summed E-state index contributed by atoms with van der Waals surface area (Å²) in [7, 11) is 0. The van der Waals surface area contributed by atoms with Crippen molar-refractivity contribution in [2.24, 2.45) is 5.92 Å². The number of halogens is 1. The molecule has 20 heavy (non-hydrogen) atoms. The zero-order valence-electron chi connectivity index (χ0n) is 11.6. The lowest BCUT2D eigenvalue weighted by molar-refractivity contribution is -0.142. The van der Waals surface area contributed by atoms with Crippen LogP contribution in [-0.2, 0) is 11.3 Å². The van der Waals surface area contributed by atoms with Gasteiger partial charge >= 0.3 is 5.97 Å². The van der Waals surface area contributed by atoms with Gasteiger partial charge in [-0.05, 0) is 49.6 Å². The van der Waals surface area contributed by atoms with Gasteiger partial charge in [-0.1, -0.05) is 22.0 Å². The second-order valence-electron chi connectivity index (χ2n) is 5.22. The molecule has 2 rings (SSSR count). The van der Waals surface area contributed by atoms with E-state index in [1.807, 2.05) is 0 Å². The molecule has 0 saturated heterocycles. The van der Waals surface area contributed by atoms with Crippen molar-refractivity contribution in [3.63, 3.8) is 0 Å². The van der Waals surface area contributed by atoms with E-state index >= 15 is 0 Å². The molecule has 110 valence electrons. The normalized spacial score (nSPS) is 22.7. The molecule has 0 aromatic heterocycles. The Balaban J connectivity index is 1.86. The predicted molar refractivity (Wildman–Crippen MR) is 86.1 cm³/mol.